The van der Waals surface area contributed by atoms with Crippen molar-refractivity contribution in [3.8, 4) is 0 Å². The van der Waals surface area contributed by atoms with Gasteiger partial charge in [0, 0.05) is 37.3 Å². The van der Waals surface area contributed by atoms with Gasteiger partial charge in [-0.05, 0) is 36.5 Å². The number of aromatic nitrogens is 1. The number of sulfonamides is 1. The smallest absolute Gasteiger partial charge is 0.356 e. The molecule has 1 aromatic heterocycles. The van der Waals surface area contributed by atoms with Gasteiger partial charge in [-0.15, -0.1) is 0 Å². The van der Waals surface area contributed by atoms with Gasteiger partial charge >= 0.3 is 6.18 Å². The SMILES string of the molecule is CC1CCN(c2nc(C(F)(F)F)ccc2CNC(=O)Cc2ccc(CNS(C)(=O)=O)c(F)c2)CC1. The lowest BCUT2D eigenvalue weighted by atomic mass is 9.99. The van der Waals surface area contributed by atoms with Crippen molar-refractivity contribution in [1.82, 2.24) is 15.0 Å². The quantitative estimate of drug-likeness (QED) is 0.525. The molecule has 0 aliphatic carbocycles. The highest BCUT2D eigenvalue weighted by atomic mass is 32.2. The van der Waals surface area contributed by atoms with E-state index in [1.54, 1.807) is 0 Å². The first kappa shape index (κ1) is 26.9. The summed E-state index contributed by atoms with van der Waals surface area (Å²) in [6.07, 6.45) is -2.09. The first-order valence-corrected chi connectivity index (χ1v) is 13.0. The number of hydrogen-bond acceptors (Lipinski definition) is 5. The molecule has 2 heterocycles. The number of nitrogens with one attached hydrogen (secondary N) is 2. The summed E-state index contributed by atoms with van der Waals surface area (Å²) >= 11 is 0. The number of carbonyl (C=O) groups is 1. The highest BCUT2D eigenvalue weighted by Gasteiger charge is 2.34. The molecule has 7 nitrogen and oxygen atoms in total. The number of rotatable bonds is 8. The molecular formula is C23H28F4N4O3S. The van der Waals surface area contributed by atoms with Crippen LogP contribution in [-0.2, 0) is 40.5 Å². The van der Waals surface area contributed by atoms with Crippen LogP contribution in [0.5, 0.6) is 0 Å². The van der Waals surface area contributed by atoms with Crippen molar-refractivity contribution in [2.24, 2.45) is 5.92 Å². The monoisotopic (exact) mass is 516 g/mol. The number of alkyl halides is 3. The molecule has 192 valence electrons. The van der Waals surface area contributed by atoms with Gasteiger partial charge < -0.3 is 10.2 Å². The Morgan fingerprint density at radius 1 is 1.11 bits per heavy atom. The molecule has 0 unspecified atom stereocenters. The van der Waals surface area contributed by atoms with Crippen LogP contribution in [0.1, 0.15) is 42.1 Å². The Hall–Kier alpha value is -2.73. The lowest BCUT2D eigenvalue weighted by Gasteiger charge is -2.33. The molecule has 0 bridgehead atoms. The zero-order valence-corrected chi connectivity index (χ0v) is 20.3. The highest BCUT2D eigenvalue weighted by Crippen LogP contribution is 2.32. The number of anilines is 1. The van der Waals surface area contributed by atoms with Gasteiger partial charge in [0.25, 0.3) is 0 Å². The minimum absolute atomic E-state index is 0.0236. The molecule has 2 N–H and O–H groups in total. The molecule has 0 radical (unpaired) electrons. The molecule has 3 rings (SSSR count). The number of amides is 1. The van der Waals surface area contributed by atoms with Gasteiger partial charge in [0.05, 0.1) is 12.7 Å². The van der Waals surface area contributed by atoms with Crippen molar-refractivity contribution in [3.63, 3.8) is 0 Å². The van der Waals surface area contributed by atoms with E-state index in [-0.39, 0.29) is 30.9 Å². The summed E-state index contributed by atoms with van der Waals surface area (Å²) in [5.41, 5.74) is -0.00815. The largest absolute Gasteiger partial charge is 0.433 e. The topological polar surface area (TPSA) is 91.4 Å². The number of pyridine rings is 1. The number of piperidine rings is 1. The van der Waals surface area contributed by atoms with Crippen molar-refractivity contribution >= 4 is 21.7 Å². The van der Waals surface area contributed by atoms with Crippen LogP contribution in [0.25, 0.3) is 0 Å². The van der Waals surface area contributed by atoms with Gasteiger partial charge in [0.15, 0.2) is 0 Å². The minimum atomic E-state index is -4.58. The third-order valence-electron chi connectivity index (χ3n) is 5.81. The second-order valence-electron chi connectivity index (χ2n) is 8.82. The van der Waals surface area contributed by atoms with Crippen molar-refractivity contribution in [2.75, 3.05) is 24.2 Å². The van der Waals surface area contributed by atoms with E-state index in [1.807, 2.05) is 4.90 Å². The van der Waals surface area contributed by atoms with E-state index in [1.165, 1.54) is 18.2 Å². The molecule has 1 aliphatic heterocycles. The van der Waals surface area contributed by atoms with Crippen LogP contribution in [0.3, 0.4) is 0 Å². The van der Waals surface area contributed by atoms with Crippen molar-refractivity contribution in [2.45, 2.75) is 45.5 Å². The fourth-order valence-electron chi connectivity index (χ4n) is 3.76. The Kier molecular flexibility index (Phi) is 8.37. The zero-order chi connectivity index (χ0) is 25.8. The third kappa shape index (κ3) is 7.89. The first-order valence-electron chi connectivity index (χ1n) is 11.1. The number of carbonyl (C=O) groups excluding carboxylic acids is 1. The summed E-state index contributed by atoms with van der Waals surface area (Å²) < 4.78 is 78.5. The summed E-state index contributed by atoms with van der Waals surface area (Å²) in [6, 6.07) is 6.29. The van der Waals surface area contributed by atoms with Gasteiger partial charge in [-0.3, -0.25) is 4.79 Å². The van der Waals surface area contributed by atoms with Crippen molar-refractivity contribution in [3.05, 3.63) is 58.5 Å². The van der Waals surface area contributed by atoms with Crippen LogP contribution in [0.15, 0.2) is 30.3 Å². The normalized spacial score (nSPS) is 15.3. The number of benzene rings is 1. The van der Waals surface area contributed by atoms with E-state index in [0.29, 0.717) is 30.1 Å². The summed E-state index contributed by atoms with van der Waals surface area (Å²) in [6.45, 7) is 3.02. The third-order valence-corrected chi connectivity index (χ3v) is 6.48. The molecule has 1 fully saturated rings. The maximum atomic E-state index is 14.3. The van der Waals surface area contributed by atoms with Gasteiger partial charge in [-0.25, -0.2) is 22.5 Å². The van der Waals surface area contributed by atoms with E-state index in [9.17, 15) is 30.8 Å². The molecule has 0 atom stereocenters. The lowest BCUT2D eigenvalue weighted by molar-refractivity contribution is -0.141. The molecule has 0 spiro atoms. The maximum absolute atomic E-state index is 14.3. The van der Waals surface area contributed by atoms with E-state index in [2.05, 4.69) is 21.9 Å². The Balaban J connectivity index is 1.67. The molecule has 1 saturated heterocycles. The van der Waals surface area contributed by atoms with Crippen molar-refractivity contribution in [1.29, 1.82) is 0 Å². The average molecular weight is 517 g/mol. The second kappa shape index (κ2) is 10.9. The molecule has 2 aromatic rings. The summed E-state index contributed by atoms with van der Waals surface area (Å²) in [4.78, 5) is 18.1. The summed E-state index contributed by atoms with van der Waals surface area (Å²) in [5, 5.41) is 2.67. The number of halogens is 4. The lowest BCUT2D eigenvalue weighted by Crippen LogP contribution is -2.35. The Bertz CT molecular complexity index is 1160. The van der Waals surface area contributed by atoms with Gasteiger partial charge in [-0.1, -0.05) is 25.1 Å². The zero-order valence-electron chi connectivity index (χ0n) is 19.5. The molecule has 12 heteroatoms. The van der Waals surface area contributed by atoms with E-state index in [0.717, 1.165) is 31.2 Å². The van der Waals surface area contributed by atoms with Crippen LogP contribution in [0.4, 0.5) is 23.4 Å². The predicted octanol–water partition coefficient (Wildman–Crippen LogP) is 3.38. The fourth-order valence-corrected chi connectivity index (χ4v) is 4.18. The molecule has 1 aliphatic rings. The maximum Gasteiger partial charge on any atom is 0.433 e. The average Bonchev–Trinajstić information content (AvgIpc) is 2.76. The Labute approximate surface area is 202 Å². The molecule has 1 aromatic carbocycles. The number of hydrogen-bond donors (Lipinski definition) is 2. The fraction of sp³-hybridized carbons (Fsp3) is 0.478. The molecule has 35 heavy (non-hydrogen) atoms. The van der Waals surface area contributed by atoms with E-state index < -0.39 is 33.6 Å². The van der Waals surface area contributed by atoms with Crippen LogP contribution < -0.4 is 14.9 Å². The van der Waals surface area contributed by atoms with Crippen LogP contribution in [0, 0.1) is 11.7 Å². The summed E-state index contributed by atoms with van der Waals surface area (Å²) in [7, 11) is -3.48. The van der Waals surface area contributed by atoms with E-state index in [4.69, 9.17) is 0 Å². The Morgan fingerprint density at radius 3 is 2.37 bits per heavy atom. The molecule has 0 saturated carbocycles. The predicted molar refractivity (Wildman–Crippen MR) is 123 cm³/mol. The van der Waals surface area contributed by atoms with Gasteiger partial charge in [0.1, 0.15) is 17.3 Å². The van der Waals surface area contributed by atoms with E-state index >= 15 is 0 Å². The molecule has 1 amide bonds. The summed E-state index contributed by atoms with van der Waals surface area (Å²) in [5.74, 6) is -0.403. The minimum Gasteiger partial charge on any atom is -0.356 e. The first-order chi connectivity index (χ1) is 16.3. The Morgan fingerprint density at radius 2 is 1.77 bits per heavy atom. The van der Waals surface area contributed by atoms with Gasteiger partial charge in [-0.2, -0.15) is 13.2 Å². The van der Waals surface area contributed by atoms with Crippen LogP contribution >= 0.6 is 0 Å². The second-order valence-corrected chi connectivity index (χ2v) is 10.7. The van der Waals surface area contributed by atoms with Gasteiger partial charge in [0.2, 0.25) is 15.9 Å². The van der Waals surface area contributed by atoms with Crippen LogP contribution in [0.2, 0.25) is 0 Å². The van der Waals surface area contributed by atoms with Crippen molar-refractivity contribution < 1.29 is 30.8 Å². The van der Waals surface area contributed by atoms with Crippen LogP contribution in [-0.4, -0.2) is 38.7 Å². The molecular weight excluding hydrogens is 488 g/mol. The highest BCUT2D eigenvalue weighted by molar-refractivity contribution is 7.88. The number of nitrogens with zero attached hydrogens (tertiary/aromatic N) is 2. The standard InChI is InChI=1S/C23H28F4N4O3S/c1-15-7-9-31(10-8-15)22-18(5-6-20(30-22)23(25,26)27)13-28-21(32)12-16-3-4-17(19(24)11-16)14-29-35(2,33)34/h3-6,11,15,29H,7-10,12-14H2,1-2H3,(H,28,32).